The number of nitrogens with zero attached hydrogens (tertiary/aromatic N) is 2. The van der Waals surface area contributed by atoms with Gasteiger partial charge < -0.3 is 10.1 Å². The number of pyridine rings is 1. The normalized spacial score (nSPS) is 17.0. The molecule has 0 amide bonds. The molecule has 3 N–H and O–H groups in total. The number of rotatable bonds is 6. The lowest BCUT2D eigenvalue weighted by molar-refractivity contribution is 0.0186. The minimum absolute atomic E-state index is 0.0695. The molecule has 1 aromatic heterocycles. The van der Waals surface area contributed by atoms with Crippen LogP contribution in [-0.4, -0.2) is 51.1 Å². The zero-order valence-corrected chi connectivity index (χ0v) is 15.0. The van der Waals surface area contributed by atoms with Gasteiger partial charge in [0.15, 0.2) is 0 Å². The van der Waals surface area contributed by atoms with Gasteiger partial charge in [-0.3, -0.25) is 4.90 Å². The van der Waals surface area contributed by atoms with Gasteiger partial charge in [-0.1, -0.05) is 12.1 Å². The number of ether oxygens (including phenoxy) is 1. The summed E-state index contributed by atoms with van der Waals surface area (Å²) in [5.41, 5.74) is 0.799. The summed E-state index contributed by atoms with van der Waals surface area (Å²) in [6.45, 7) is 2.94. The molecule has 9 heteroatoms. The molecule has 0 radical (unpaired) electrons. The first-order valence-corrected chi connectivity index (χ1v) is 9.79. The Morgan fingerprint density at radius 1 is 1.27 bits per heavy atom. The SMILES string of the molecule is NS(=O)(=O)c1cccnc1NCC(c1cccc(F)c1)N1CCOCC1. The van der Waals surface area contributed by atoms with Crippen LogP contribution < -0.4 is 10.5 Å². The molecule has 2 heterocycles. The minimum Gasteiger partial charge on any atom is -0.379 e. The summed E-state index contributed by atoms with van der Waals surface area (Å²) >= 11 is 0. The number of primary sulfonamides is 1. The van der Waals surface area contributed by atoms with Gasteiger partial charge in [0.05, 0.1) is 19.3 Å². The monoisotopic (exact) mass is 380 g/mol. The van der Waals surface area contributed by atoms with E-state index in [4.69, 9.17) is 9.88 Å². The highest BCUT2D eigenvalue weighted by atomic mass is 32.2. The maximum Gasteiger partial charge on any atom is 0.241 e. The number of nitrogens with two attached hydrogens (primary N) is 1. The fourth-order valence-corrected chi connectivity index (χ4v) is 3.67. The van der Waals surface area contributed by atoms with Gasteiger partial charge in [0.25, 0.3) is 0 Å². The van der Waals surface area contributed by atoms with Gasteiger partial charge in [-0.05, 0) is 29.8 Å². The second-order valence-electron chi connectivity index (χ2n) is 6.00. The molecule has 7 nitrogen and oxygen atoms in total. The zero-order chi connectivity index (χ0) is 18.6. The van der Waals surface area contributed by atoms with E-state index in [1.54, 1.807) is 6.07 Å². The van der Waals surface area contributed by atoms with E-state index in [9.17, 15) is 12.8 Å². The largest absolute Gasteiger partial charge is 0.379 e. The lowest BCUT2D eigenvalue weighted by Crippen LogP contribution is -2.41. The first-order valence-electron chi connectivity index (χ1n) is 8.24. The lowest BCUT2D eigenvalue weighted by Gasteiger charge is -2.35. The van der Waals surface area contributed by atoms with Crippen LogP contribution >= 0.6 is 0 Å². The third-order valence-corrected chi connectivity index (χ3v) is 5.20. The van der Waals surface area contributed by atoms with Gasteiger partial charge in [-0.2, -0.15) is 0 Å². The highest BCUT2D eigenvalue weighted by Crippen LogP contribution is 2.24. The Balaban J connectivity index is 1.85. The molecular weight excluding hydrogens is 359 g/mol. The zero-order valence-electron chi connectivity index (χ0n) is 14.1. The van der Waals surface area contributed by atoms with E-state index in [0.29, 0.717) is 32.8 Å². The molecule has 1 fully saturated rings. The molecule has 1 unspecified atom stereocenters. The second kappa shape index (κ2) is 8.09. The predicted octanol–water partition coefficient (Wildman–Crippen LogP) is 1.35. The fourth-order valence-electron chi connectivity index (χ4n) is 3.01. The summed E-state index contributed by atoms with van der Waals surface area (Å²) in [5, 5.41) is 8.31. The molecular formula is C17H21FN4O3S. The number of morpholine rings is 1. The summed E-state index contributed by atoms with van der Waals surface area (Å²) < 4.78 is 42.6. The Hall–Kier alpha value is -2.07. The summed E-state index contributed by atoms with van der Waals surface area (Å²) in [6.07, 6.45) is 1.49. The van der Waals surface area contributed by atoms with Crippen LogP contribution in [0.1, 0.15) is 11.6 Å². The molecule has 1 saturated heterocycles. The van der Waals surface area contributed by atoms with Crippen LogP contribution in [0.3, 0.4) is 0 Å². The Labute approximate surface area is 152 Å². The predicted molar refractivity (Wildman–Crippen MR) is 95.6 cm³/mol. The topological polar surface area (TPSA) is 97.6 Å². The van der Waals surface area contributed by atoms with E-state index < -0.39 is 10.0 Å². The molecule has 0 aliphatic carbocycles. The van der Waals surface area contributed by atoms with Crippen molar-refractivity contribution in [1.82, 2.24) is 9.88 Å². The molecule has 0 saturated carbocycles. The van der Waals surface area contributed by atoms with Crippen LogP contribution in [-0.2, 0) is 14.8 Å². The third kappa shape index (κ3) is 4.55. The number of aromatic nitrogens is 1. The fraction of sp³-hybridized carbons (Fsp3) is 0.353. The molecule has 1 aliphatic heterocycles. The van der Waals surface area contributed by atoms with Crippen molar-refractivity contribution < 1.29 is 17.5 Å². The van der Waals surface area contributed by atoms with Crippen molar-refractivity contribution in [1.29, 1.82) is 0 Å². The molecule has 26 heavy (non-hydrogen) atoms. The molecule has 140 valence electrons. The van der Waals surface area contributed by atoms with Crippen LogP contribution in [0.2, 0.25) is 0 Å². The Bertz CT molecular complexity index is 857. The Morgan fingerprint density at radius 3 is 2.73 bits per heavy atom. The van der Waals surface area contributed by atoms with E-state index in [1.165, 1.54) is 30.5 Å². The lowest BCUT2D eigenvalue weighted by atomic mass is 10.0. The van der Waals surface area contributed by atoms with E-state index in [1.807, 2.05) is 6.07 Å². The van der Waals surface area contributed by atoms with Gasteiger partial charge in [0.1, 0.15) is 16.5 Å². The summed E-state index contributed by atoms with van der Waals surface area (Å²) in [5.74, 6) is -0.131. The van der Waals surface area contributed by atoms with Crippen molar-refractivity contribution in [2.24, 2.45) is 5.14 Å². The van der Waals surface area contributed by atoms with E-state index in [0.717, 1.165) is 5.56 Å². The van der Waals surface area contributed by atoms with Crippen molar-refractivity contribution in [2.45, 2.75) is 10.9 Å². The number of hydrogen-bond donors (Lipinski definition) is 2. The van der Waals surface area contributed by atoms with Gasteiger partial charge in [0.2, 0.25) is 10.0 Å². The number of nitrogens with one attached hydrogen (secondary N) is 1. The van der Waals surface area contributed by atoms with Crippen molar-refractivity contribution in [3.63, 3.8) is 0 Å². The second-order valence-corrected chi connectivity index (χ2v) is 7.53. The number of anilines is 1. The number of halogens is 1. The highest BCUT2D eigenvalue weighted by molar-refractivity contribution is 7.89. The van der Waals surface area contributed by atoms with Crippen molar-refractivity contribution in [3.8, 4) is 0 Å². The maximum absolute atomic E-state index is 13.7. The molecule has 2 aromatic rings. The van der Waals surface area contributed by atoms with Gasteiger partial charge in [-0.25, -0.2) is 22.9 Å². The van der Waals surface area contributed by atoms with Crippen LogP contribution in [0, 0.1) is 5.82 Å². The highest BCUT2D eigenvalue weighted by Gasteiger charge is 2.24. The average Bonchev–Trinajstić information content (AvgIpc) is 2.62. The average molecular weight is 380 g/mol. The maximum atomic E-state index is 13.7. The molecule has 0 spiro atoms. The van der Waals surface area contributed by atoms with Crippen molar-refractivity contribution >= 4 is 15.8 Å². The van der Waals surface area contributed by atoms with E-state index in [2.05, 4.69) is 15.2 Å². The number of benzene rings is 1. The molecule has 1 atom stereocenters. The first-order chi connectivity index (χ1) is 12.4. The van der Waals surface area contributed by atoms with Gasteiger partial charge in [-0.15, -0.1) is 0 Å². The van der Waals surface area contributed by atoms with Gasteiger partial charge >= 0.3 is 0 Å². The first kappa shape index (κ1) is 18.7. The van der Waals surface area contributed by atoms with Crippen molar-refractivity contribution in [2.75, 3.05) is 38.2 Å². The number of hydrogen-bond acceptors (Lipinski definition) is 6. The smallest absolute Gasteiger partial charge is 0.241 e. The van der Waals surface area contributed by atoms with Gasteiger partial charge in [0, 0.05) is 25.8 Å². The molecule has 3 rings (SSSR count). The van der Waals surface area contributed by atoms with Crippen LogP contribution in [0.4, 0.5) is 10.2 Å². The van der Waals surface area contributed by atoms with Crippen molar-refractivity contribution in [3.05, 3.63) is 54.0 Å². The molecule has 1 aliphatic rings. The molecule has 1 aromatic carbocycles. The van der Waals surface area contributed by atoms with Crippen LogP contribution in [0.25, 0.3) is 0 Å². The number of sulfonamides is 1. The Kier molecular flexibility index (Phi) is 5.82. The summed E-state index contributed by atoms with van der Waals surface area (Å²) in [7, 11) is -3.90. The van der Waals surface area contributed by atoms with E-state index >= 15 is 0 Å². The third-order valence-electron chi connectivity index (χ3n) is 4.26. The standard InChI is InChI=1S/C17H21FN4O3S/c18-14-4-1-3-13(11-14)15(22-7-9-25-10-8-22)12-21-17-16(26(19,23)24)5-2-6-20-17/h1-6,11,15H,7-10,12H2,(H,20,21)(H2,19,23,24). The Morgan fingerprint density at radius 2 is 2.04 bits per heavy atom. The summed E-state index contributed by atoms with van der Waals surface area (Å²) in [4.78, 5) is 6.19. The minimum atomic E-state index is -3.90. The quantitative estimate of drug-likeness (QED) is 0.785. The van der Waals surface area contributed by atoms with Crippen LogP contribution in [0.15, 0.2) is 47.5 Å². The summed E-state index contributed by atoms with van der Waals surface area (Å²) in [6, 6.07) is 9.14. The van der Waals surface area contributed by atoms with E-state index in [-0.39, 0.29) is 22.6 Å². The van der Waals surface area contributed by atoms with Crippen LogP contribution in [0.5, 0.6) is 0 Å². The molecule has 0 bridgehead atoms.